The molecular weight excluding hydrogens is 490 g/mol. The summed E-state index contributed by atoms with van der Waals surface area (Å²) in [5, 5.41) is 38.4. The number of carbonyl (C=O) groups is 2. The van der Waals surface area contributed by atoms with Crippen molar-refractivity contribution in [1.82, 2.24) is 0 Å². The Kier molecular flexibility index (Phi) is 8.42. The van der Waals surface area contributed by atoms with Crippen LogP contribution in [0.2, 0.25) is 0 Å². The molecule has 1 heterocycles. The van der Waals surface area contributed by atoms with Gasteiger partial charge in [0.15, 0.2) is 17.2 Å². The van der Waals surface area contributed by atoms with Gasteiger partial charge >= 0.3 is 11.7 Å². The number of nitrogens with zero attached hydrogens (tertiary/aromatic N) is 1. The van der Waals surface area contributed by atoms with Gasteiger partial charge in [-0.15, -0.1) is 11.3 Å². The second-order valence-corrected chi connectivity index (χ2v) is 8.27. The van der Waals surface area contributed by atoms with E-state index in [1.807, 2.05) is 37.3 Å². The van der Waals surface area contributed by atoms with Gasteiger partial charge < -0.3 is 24.8 Å². The number of rotatable bonds is 8. The number of aromatic hydroxyl groups is 2. The van der Waals surface area contributed by atoms with Gasteiger partial charge in [0.05, 0.1) is 11.5 Å². The van der Waals surface area contributed by atoms with Crippen molar-refractivity contribution in [2.45, 2.75) is 13.5 Å². The fourth-order valence-electron chi connectivity index (χ4n) is 3.14. The van der Waals surface area contributed by atoms with Crippen molar-refractivity contribution in [3.05, 3.63) is 86.8 Å². The highest BCUT2D eigenvalue weighted by Crippen LogP contribution is 2.44. The van der Waals surface area contributed by atoms with Gasteiger partial charge in [-0.2, -0.15) is 0 Å². The van der Waals surface area contributed by atoms with Gasteiger partial charge in [-0.25, -0.2) is 4.79 Å². The summed E-state index contributed by atoms with van der Waals surface area (Å²) in [5.74, 6) is -1.49. The Bertz CT molecular complexity index is 1400. The van der Waals surface area contributed by atoms with Crippen LogP contribution < -0.4 is 9.47 Å². The molecule has 0 amide bonds. The summed E-state index contributed by atoms with van der Waals surface area (Å²) in [6.45, 7) is 2.90. The van der Waals surface area contributed by atoms with E-state index in [1.165, 1.54) is 6.07 Å². The molecule has 0 saturated carbocycles. The highest BCUT2D eigenvalue weighted by atomic mass is 32.1. The molecular formula is C25H21NO9S. The number of ether oxygens (including phenoxy) is 2. The summed E-state index contributed by atoms with van der Waals surface area (Å²) in [6.07, 6.45) is 0.795. The van der Waals surface area contributed by atoms with E-state index in [-0.39, 0.29) is 15.0 Å². The van der Waals surface area contributed by atoms with Crippen LogP contribution in [0.5, 0.6) is 23.0 Å². The first-order chi connectivity index (χ1) is 17.2. The van der Waals surface area contributed by atoms with Crippen LogP contribution in [0.15, 0.2) is 60.7 Å². The van der Waals surface area contributed by atoms with Crippen molar-refractivity contribution >= 4 is 39.4 Å². The average Bonchev–Trinajstić information content (AvgIpc) is 3.28. The van der Waals surface area contributed by atoms with Gasteiger partial charge in [-0.3, -0.25) is 14.9 Å². The molecule has 0 bridgehead atoms. The Labute approximate surface area is 208 Å². The van der Waals surface area contributed by atoms with E-state index in [0.29, 0.717) is 41.6 Å². The lowest BCUT2D eigenvalue weighted by molar-refractivity contribution is -0.383. The molecule has 3 aromatic carbocycles. The highest BCUT2D eigenvalue weighted by molar-refractivity contribution is 7.21. The van der Waals surface area contributed by atoms with E-state index in [2.05, 4.69) is 0 Å². The van der Waals surface area contributed by atoms with Crippen molar-refractivity contribution in [3.8, 4) is 23.0 Å². The molecule has 0 aliphatic heterocycles. The number of hydrogen-bond acceptors (Lipinski definition) is 9. The minimum absolute atomic E-state index is 0.0164. The van der Waals surface area contributed by atoms with Gasteiger partial charge in [0.25, 0.3) is 0 Å². The van der Waals surface area contributed by atoms with Crippen molar-refractivity contribution in [2.24, 2.45) is 0 Å². The number of carboxylic acids is 1. The molecule has 10 nitrogen and oxygen atoms in total. The molecule has 11 heteroatoms. The van der Waals surface area contributed by atoms with E-state index in [1.54, 1.807) is 18.2 Å². The van der Waals surface area contributed by atoms with Crippen molar-refractivity contribution < 1.29 is 39.3 Å². The molecule has 186 valence electrons. The number of fused-ring (bicyclic) bond motifs is 1. The molecule has 0 aliphatic carbocycles. The van der Waals surface area contributed by atoms with Gasteiger partial charge in [-0.05, 0) is 42.8 Å². The zero-order valence-corrected chi connectivity index (χ0v) is 19.7. The first-order valence-corrected chi connectivity index (χ1v) is 11.3. The second-order valence-electron chi connectivity index (χ2n) is 7.22. The molecule has 0 unspecified atom stereocenters. The number of benzene rings is 3. The maximum Gasteiger partial charge on any atom is 0.345 e. The third kappa shape index (κ3) is 6.07. The normalized spacial score (nSPS) is 10.2. The van der Waals surface area contributed by atoms with Gasteiger partial charge in [0, 0.05) is 10.9 Å². The maximum absolute atomic E-state index is 10.8. The van der Waals surface area contributed by atoms with Crippen LogP contribution in [0.1, 0.15) is 32.5 Å². The highest BCUT2D eigenvalue weighted by Gasteiger charge is 2.25. The molecule has 36 heavy (non-hydrogen) atoms. The maximum atomic E-state index is 10.8. The van der Waals surface area contributed by atoms with Gasteiger partial charge in [0.1, 0.15) is 22.5 Å². The fraction of sp³-hybridized carbons (Fsp3) is 0.120. The van der Waals surface area contributed by atoms with Gasteiger partial charge in [-0.1, -0.05) is 30.3 Å². The summed E-state index contributed by atoms with van der Waals surface area (Å²) < 4.78 is 11.2. The number of hydrogen-bond donors (Lipinski definition) is 3. The Balaban J connectivity index is 0.000000202. The van der Waals surface area contributed by atoms with E-state index < -0.39 is 28.1 Å². The zero-order chi connectivity index (χ0) is 26.2. The van der Waals surface area contributed by atoms with Crippen molar-refractivity contribution in [3.63, 3.8) is 0 Å². The monoisotopic (exact) mass is 511 g/mol. The van der Waals surface area contributed by atoms with Crippen LogP contribution in [0.3, 0.4) is 0 Å². The number of phenols is 2. The SMILES string of the molecule is CCOc1cc(C=O)ccc1OCc1ccccc1.O=C(O)c1cc2cc(O)c(O)c([N+](=O)[O-])c2s1. The average molecular weight is 512 g/mol. The molecule has 0 aliphatic rings. The summed E-state index contributed by atoms with van der Waals surface area (Å²) in [4.78, 5) is 31.3. The number of aromatic carboxylic acids is 1. The zero-order valence-electron chi connectivity index (χ0n) is 18.9. The molecule has 3 N–H and O–H groups in total. The number of carbonyl (C=O) groups excluding carboxylic acids is 1. The third-order valence-electron chi connectivity index (χ3n) is 4.77. The summed E-state index contributed by atoms with van der Waals surface area (Å²) in [6, 6.07) is 17.4. The second kappa shape index (κ2) is 11.7. The number of thiophene rings is 1. The van der Waals surface area contributed by atoms with Crippen LogP contribution in [0, 0.1) is 10.1 Å². The van der Waals surface area contributed by atoms with Gasteiger partial charge in [0.2, 0.25) is 5.75 Å². The molecule has 1 aromatic heterocycles. The molecule has 0 radical (unpaired) electrons. The van der Waals surface area contributed by atoms with E-state index in [9.17, 15) is 29.9 Å². The van der Waals surface area contributed by atoms with Crippen LogP contribution in [-0.4, -0.2) is 39.1 Å². The minimum atomic E-state index is -1.22. The lowest BCUT2D eigenvalue weighted by Crippen LogP contribution is -2.00. The third-order valence-corrected chi connectivity index (χ3v) is 5.91. The Morgan fingerprint density at radius 1 is 1.06 bits per heavy atom. The van der Waals surface area contributed by atoms with Crippen LogP contribution in [0.4, 0.5) is 5.69 Å². The summed E-state index contributed by atoms with van der Waals surface area (Å²) in [5.41, 5.74) is 0.984. The predicted octanol–water partition coefficient (Wildman–Crippen LogP) is 5.40. The first-order valence-electron chi connectivity index (χ1n) is 10.5. The lowest BCUT2D eigenvalue weighted by atomic mass is 10.2. The predicted molar refractivity (Wildman–Crippen MR) is 133 cm³/mol. The van der Waals surface area contributed by atoms with Crippen molar-refractivity contribution in [1.29, 1.82) is 0 Å². The Morgan fingerprint density at radius 3 is 2.39 bits per heavy atom. The first kappa shape index (κ1) is 26.0. The molecule has 0 spiro atoms. The minimum Gasteiger partial charge on any atom is -0.504 e. The summed E-state index contributed by atoms with van der Waals surface area (Å²) >= 11 is 0.671. The molecule has 4 rings (SSSR count). The number of carboxylic acid groups (broad SMARTS) is 1. The fourth-order valence-corrected chi connectivity index (χ4v) is 4.13. The number of nitro benzene ring substituents is 1. The molecule has 0 saturated heterocycles. The Hall–Kier alpha value is -4.64. The van der Waals surface area contributed by atoms with Crippen molar-refractivity contribution in [2.75, 3.05) is 6.61 Å². The standard InChI is InChI=1S/C16H16O3.C9H5NO6S/c1-2-18-16-10-14(11-17)8-9-15(16)19-12-13-6-4-3-5-7-13;11-4-1-3-2-5(9(13)14)17-8(3)6(7(4)12)10(15)16/h3-11H,2,12H2,1H3;1-2,11-12H,(H,13,14). The van der Waals surface area contributed by atoms with E-state index in [4.69, 9.17) is 14.6 Å². The van der Waals surface area contributed by atoms with E-state index >= 15 is 0 Å². The quantitative estimate of drug-likeness (QED) is 0.122. The molecule has 0 fully saturated rings. The van der Waals surface area contributed by atoms with Crippen LogP contribution in [-0.2, 0) is 6.61 Å². The topological polar surface area (TPSA) is 156 Å². The molecule has 0 atom stereocenters. The number of nitro groups is 1. The largest absolute Gasteiger partial charge is 0.504 e. The van der Waals surface area contributed by atoms with Crippen LogP contribution >= 0.6 is 11.3 Å². The lowest BCUT2D eigenvalue weighted by Gasteiger charge is -2.12. The number of aldehydes is 1. The van der Waals surface area contributed by atoms with Crippen LogP contribution in [0.25, 0.3) is 10.1 Å². The molecule has 4 aromatic rings. The Morgan fingerprint density at radius 2 is 1.78 bits per heavy atom. The smallest absolute Gasteiger partial charge is 0.345 e. The van der Waals surface area contributed by atoms with E-state index in [0.717, 1.165) is 17.9 Å². The number of phenolic OH excluding ortho intramolecular Hbond substituents is 2. The summed E-state index contributed by atoms with van der Waals surface area (Å²) in [7, 11) is 0.